The first kappa shape index (κ1) is 30.6. The largest absolute Gasteiger partial charge is 0.490 e. The second kappa shape index (κ2) is 13.2. The third kappa shape index (κ3) is 7.17. The monoisotopic (exact) mass is 604 g/mol. The fraction of sp³-hybridized carbons (Fsp3) is 0.242. The maximum absolute atomic E-state index is 12.6. The Balaban J connectivity index is 0.000000493. The van der Waals surface area contributed by atoms with Gasteiger partial charge in [0, 0.05) is 49.3 Å². The van der Waals surface area contributed by atoms with Gasteiger partial charge in [-0.25, -0.2) is 4.79 Å². The molecule has 3 heterocycles. The molecule has 1 amide bonds. The summed E-state index contributed by atoms with van der Waals surface area (Å²) in [6.07, 6.45) is 2.43. The smallest absolute Gasteiger partial charge is 0.475 e. The fourth-order valence-corrected chi connectivity index (χ4v) is 5.30. The number of fused-ring (bicyclic) bond motifs is 1. The van der Waals surface area contributed by atoms with Gasteiger partial charge in [-0.1, -0.05) is 54.6 Å². The molecule has 2 fully saturated rings. The molecule has 44 heavy (non-hydrogen) atoms. The molecule has 0 saturated carbocycles. The number of carboxylic acid groups (broad SMARTS) is 1. The molecule has 4 aromatic rings. The van der Waals surface area contributed by atoms with Crippen molar-refractivity contribution in [2.45, 2.75) is 24.6 Å². The number of amides is 1. The van der Waals surface area contributed by atoms with E-state index in [1.807, 2.05) is 36.4 Å². The molecular weight excluding hydrogens is 573 g/mol. The molecule has 3 aromatic carbocycles. The van der Waals surface area contributed by atoms with Gasteiger partial charge in [0.15, 0.2) is 0 Å². The van der Waals surface area contributed by atoms with Gasteiger partial charge in [0.1, 0.15) is 0 Å². The summed E-state index contributed by atoms with van der Waals surface area (Å²) in [7, 11) is 1.79. The van der Waals surface area contributed by atoms with Crippen molar-refractivity contribution in [3.8, 4) is 0 Å². The Labute approximate surface area is 251 Å². The fourth-order valence-electron chi connectivity index (χ4n) is 5.30. The molecule has 2 atom stereocenters. The topological polar surface area (TPSA) is 108 Å². The number of H-pyrrole nitrogens is 1. The normalized spacial score (nSPS) is 19.4. The molecule has 0 bridgehead atoms. The quantitative estimate of drug-likeness (QED) is 0.237. The zero-order valence-electron chi connectivity index (χ0n) is 23.8. The molecule has 2 aliphatic rings. The Bertz CT molecular complexity index is 1680. The van der Waals surface area contributed by atoms with Crippen LogP contribution in [-0.2, 0) is 14.3 Å². The van der Waals surface area contributed by atoms with Crippen molar-refractivity contribution >= 4 is 46.7 Å². The molecular formula is C33H31F3N4O4. The number of rotatable bonds is 6. The van der Waals surface area contributed by atoms with Crippen molar-refractivity contribution < 1.29 is 32.6 Å². The highest BCUT2D eigenvalue weighted by molar-refractivity contribution is 6.02. The minimum absolute atomic E-state index is 0.00329. The number of benzene rings is 3. The first-order chi connectivity index (χ1) is 21.1. The number of methoxy groups -OCH3 is 1. The molecule has 3 N–H and O–H groups in total. The molecule has 228 valence electrons. The van der Waals surface area contributed by atoms with Crippen LogP contribution in [0.3, 0.4) is 0 Å². The highest BCUT2D eigenvalue weighted by atomic mass is 19.4. The van der Waals surface area contributed by atoms with Gasteiger partial charge in [-0.3, -0.25) is 9.89 Å². The maximum atomic E-state index is 12.6. The SMILES string of the molecule is COC1CCN(c2ccc(C=Cc3n[nH]c4cc(/C=C5/C(=O)NCC5c5ccccc5)ccc34)cc2)C1.O=C(O)C(F)(F)F. The molecule has 8 nitrogen and oxygen atoms in total. The van der Waals surface area contributed by atoms with Gasteiger partial charge >= 0.3 is 12.1 Å². The number of anilines is 1. The summed E-state index contributed by atoms with van der Waals surface area (Å²) in [5.41, 5.74) is 7.11. The second-order valence-electron chi connectivity index (χ2n) is 10.5. The van der Waals surface area contributed by atoms with Crippen molar-refractivity contribution in [2.24, 2.45) is 0 Å². The lowest BCUT2D eigenvalue weighted by molar-refractivity contribution is -0.192. The van der Waals surface area contributed by atoms with Crippen LogP contribution >= 0.6 is 0 Å². The van der Waals surface area contributed by atoms with Crippen LogP contribution < -0.4 is 10.2 Å². The summed E-state index contributed by atoms with van der Waals surface area (Å²) >= 11 is 0. The molecule has 11 heteroatoms. The van der Waals surface area contributed by atoms with Crippen molar-refractivity contribution in [2.75, 3.05) is 31.6 Å². The third-order valence-corrected chi connectivity index (χ3v) is 7.66. The second-order valence-corrected chi connectivity index (χ2v) is 10.5. The Morgan fingerprint density at radius 3 is 2.41 bits per heavy atom. The molecule has 1 aromatic heterocycles. The number of aromatic nitrogens is 2. The van der Waals surface area contributed by atoms with Gasteiger partial charge in [0.25, 0.3) is 0 Å². The number of alkyl halides is 3. The van der Waals surface area contributed by atoms with E-state index in [1.165, 1.54) is 5.69 Å². The summed E-state index contributed by atoms with van der Waals surface area (Å²) in [6, 6.07) is 25.0. The van der Waals surface area contributed by atoms with E-state index in [0.29, 0.717) is 12.6 Å². The number of halogens is 3. The maximum Gasteiger partial charge on any atom is 0.490 e. The van der Waals surface area contributed by atoms with E-state index < -0.39 is 12.1 Å². The number of nitrogens with zero attached hydrogens (tertiary/aromatic N) is 2. The molecule has 2 unspecified atom stereocenters. The molecule has 0 spiro atoms. The van der Waals surface area contributed by atoms with Crippen LogP contribution in [0.5, 0.6) is 0 Å². The predicted molar refractivity (Wildman–Crippen MR) is 163 cm³/mol. The zero-order valence-corrected chi connectivity index (χ0v) is 23.8. The van der Waals surface area contributed by atoms with Gasteiger partial charge in [-0.15, -0.1) is 0 Å². The van der Waals surface area contributed by atoms with Gasteiger partial charge in [-0.05, 0) is 59.5 Å². The number of carboxylic acids is 1. The van der Waals surface area contributed by atoms with E-state index in [4.69, 9.17) is 14.6 Å². The lowest BCUT2D eigenvalue weighted by Gasteiger charge is -2.18. The average molecular weight is 605 g/mol. The lowest BCUT2D eigenvalue weighted by atomic mass is 9.92. The molecule has 6 rings (SSSR count). The Morgan fingerprint density at radius 2 is 1.75 bits per heavy atom. The number of nitrogens with one attached hydrogen (secondary N) is 2. The summed E-state index contributed by atoms with van der Waals surface area (Å²) in [6.45, 7) is 2.60. The van der Waals surface area contributed by atoms with Gasteiger partial charge in [-0.2, -0.15) is 18.3 Å². The van der Waals surface area contributed by atoms with Crippen LogP contribution in [0.4, 0.5) is 18.9 Å². The number of carbonyl (C=O) groups excluding carboxylic acids is 1. The molecule has 0 aliphatic carbocycles. The summed E-state index contributed by atoms with van der Waals surface area (Å²) in [4.78, 5) is 23.8. The highest BCUT2D eigenvalue weighted by Gasteiger charge is 2.38. The lowest BCUT2D eigenvalue weighted by Crippen LogP contribution is -2.21. The Hall–Kier alpha value is -4.90. The molecule has 0 radical (unpaired) electrons. The first-order valence-corrected chi connectivity index (χ1v) is 14.0. The Kier molecular flexibility index (Phi) is 9.15. The molecule has 2 aliphatic heterocycles. The van der Waals surface area contributed by atoms with Crippen LogP contribution in [0.15, 0.2) is 78.4 Å². The third-order valence-electron chi connectivity index (χ3n) is 7.66. The number of hydrogen-bond acceptors (Lipinski definition) is 5. The van der Waals surface area contributed by atoms with Gasteiger partial charge < -0.3 is 20.1 Å². The van der Waals surface area contributed by atoms with Gasteiger partial charge in [0.2, 0.25) is 5.91 Å². The van der Waals surface area contributed by atoms with E-state index >= 15 is 0 Å². The number of aliphatic carboxylic acids is 1. The molecule has 2 saturated heterocycles. The van der Waals surface area contributed by atoms with Crippen molar-refractivity contribution in [1.29, 1.82) is 0 Å². The summed E-state index contributed by atoms with van der Waals surface area (Å²) in [5.74, 6) is -2.70. The van der Waals surface area contributed by atoms with Crippen LogP contribution in [-0.4, -0.2) is 66.2 Å². The van der Waals surface area contributed by atoms with Crippen LogP contribution in [0.2, 0.25) is 0 Å². The Morgan fingerprint density at radius 1 is 1.05 bits per heavy atom. The number of ether oxygens (including phenoxy) is 1. The first-order valence-electron chi connectivity index (χ1n) is 14.0. The predicted octanol–water partition coefficient (Wildman–Crippen LogP) is 5.89. The van der Waals surface area contributed by atoms with Crippen molar-refractivity contribution in [1.82, 2.24) is 15.5 Å². The summed E-state index contributed by atoms with van der Waals surface area (Å²) in [5, 5.41) is 18.8. The standard InChI is InChI=1S/C31H30N4O2.C2HF3O2/c1-37-25-15-16-35(20-25)24-11-7-21(8-12-24)10-14-29-26-13-9-22(18-30(26)34-33-29)17-27-28(19-32-31(27)36)23-5-3-2-4-6-23;3-2(4,5)1(6)7/h2-14,17-18,25,28H,15-16,19-20H2,1H3,(H,32,36)(H,33,34);(H,6,7)/b14-10?,27-17+;. The van der Waals surface area contributed by atoms with Gasteiger partial charge in [0.05, 0.1) is 17.3 Å². The number of carbonyl (C=O) groups is 2. The van der Waals surface area contributed by atoms with Crippen molar-refractivity contribution in [3.63, 3.8) is 0 Å². The number of aromatic amines is 1. The van der Waals surface area contributed by atoms with Crippen LogP contribution in [0, 0.1) is 0 Å². The number of hydrogen-bond donors (Lipinski definition) is 3. The highest BCUT2D eigenvalue weighted by Crippen LogP contribution is 2.31. The van der Waals surface area contributed by atoms with Crippen molar-refractivity contribution in [3.05, 3.63) is 101 Å². The van der Waals surface area contributed by atoms with E-state index in [1.54, 1.807) is 7.11 Å². The van der Waals surface area contributed by atoms with E-state index in [-0.39, 0.29) is 11.8 Å². The van der Waals surface area contributed by atoms with E-state index in [0.717, 1.165) is 58.4 Å². The van der Waals surface area contributed by atoms with Crippen LogP contribution in [0.1, 0.15) is 34.7 Å². The minimum Gasteiger partial charge on any atom is -0.475 e. The average Bonchev–Trinajstić information content (AvgIpc) is 3.76. The van der Waals surface area contributed by atoms with E-state index in [2.05, 4.69) is 75.0 Å². The van der Waals surface area contributed by atoms with Crippen LogP contribution in [0.25, 0.3) is 29.1 Å². The minimum atomic E-state index is -5.08. The van der Waals surface area contributed by atoms with E-state index in [9.17, 15) is 18.0 Å². The summed E-state index contributed by atoms with van der Waals surface area (Å²) < 4.78 is 37.2. The zero-order chi connectivity index (χ0) is 31.3.